The molecule has 0 heterocycles. The predicted molar refractivity (Wildman–Crippen MR) is 201 cm³/mol. The Balaban J connectivity index is 1.13. The van der Waals surface area contributed by atoms with Crippen LogP contribution in [0.25, 0.3) is 0 Å². The maximum absolute atomic E-state index is 5.96. The van der Waals surface area contributed by atoms with Gasteiger partial charge in [-0.05, 0) is 120 Å². The van der Waals surface area contributed by atoms with Crippen molar-refractivity contribution in [3.05, 3.63) is 164 Å². The molecule has 6 aliphatic rings. The maximum atomic E-state index is 5.96. The number of fused-ring (bicyclic) bond motifs is 2. The van der Waals surface area contributed by atoms with Crippen LogP contribution in [0.2, 0.25) is 17.6 Å². The summed E-state index contributed by atoms with van der Waals surface area (Å²) >= 11 is 0. The molecule has 0 saturated heterocycles. The van der Waals surface area contributed by atoms with Crippen LogP contribution in [0.4, 0.5) is 0 Å². The lowest BCUT2D eigenvalue weighted by Crippen LogP contribution is -2.26. The minimum atomic E-state index is -0.920. The van der Waals surface area contributed by atoms with Gasteiger partial charge in [0.15, 0.2) is 0 Å². The first kappa shape index (κ1) is 31.7. The second-order valence-electron chi connectivity index (χ2n) is 15.4. The molecule has 0 amide bonds. The molecular weight excluding hydrogens is 601 g/mol. The molecule has 48 heavy (non-hydrogen) atoms. The van der Waals surface area contributed by atoms with Gasteiger partial charge in [-0.2, -0.15) is 0 Å². The van der Waals surface area contributed by atoms with Crippen LogP contribution in [0.5, 0.6) is 0 Å². The summed E-state index contributed by atoms with van der Waals surface area (Å²) < 4.78 is 11.9. The first-order valence-corrected chi connectivity index (χ1v) is 20.1. The van der Waals surface area contributed by atoms with Gasteiger partial charge in [-0.25, -0.2) is 0 Å². The van der Waals surface area contributed by atoms with Crippen molar-refractivity contribution in [3.63, 3.8) is 0 Å². The van der Waals surface area contributed by atoms with E-state index >= 15 is 0 Å². The average Bonchev–Trinajstić information content (AvgIpc) is 3.72. The number of hydrogen-bond donors (Lipinski definition) is 0. The minimum Gasteiger partial charge on any atom is -0.374 e. The fourth-order valence-corrected chi connectivity index (χ4v) is 13.3. The number of benzene rings is 2. The Bertz CT molecular complexity index is 1800. The highest BCUT2D eigenvalue weighted by Gasteiger charge is 2.42. The molecule has 1 radical (unpaired) electrons. The van der Waals surface area contributed by atoms with Crippen molar-refractivity contribution in [1.29, 1.82) is 0 Å². The van der Waals surface area contributed by atoms with Crippen molar-refractivity contribution >= 4 is 8.80 Å². The van der Waals surface area contributed by atoms with E-state index in [1.54, 1.807) is 0 Å². The van der Waals surface area contributed by atoms with Gasteiger partial charge < -0.3 is 9.47 Å². The first-order valence-electron chi connectivity index (χ1n) is 17.9. The smallest absolute Gasteiger partial charge is 0.0905 e. The molecule has 0 N–H and O–H groups in total. The topological polar surface area (TPSA) is 18.5 Å². The summed E-state index contributed by atoms with van der Waals surface area (Å²) in [7, 11) is 2.78. The van der Waals surface area contributed by atoms with E-state index in [4.69, 9.17) is 9.47 Å². The van der Waals surface area contributed by atoms with Crippen LogP contribution in [0.15, 0.2) is 131 Å². The predicted octanol–water partition coefficient (Wildman–Crippen LogP) is 10.8. The van der Waals surface area contributed by atoms with Crippen LogP contribution in [0.1, 0.15) is 85.8 Å². The van der Waals surface area contributed by atoms with Crippen LogP contribution < -0.4 is 0 Å². The van der Waals surface area contributed by atoms with E-state index in [0.717, 1.165) is 25.7 Å². The van der Waals surface area contributed by atoms with E-state index in [2.05, 4.69) is 131 Å². The van der Waals surface area contributed by atoms with Gasteiger partial charge in [-0.3, -0.25) is 0 Å². The van der Waals surface area contributed by atoms with E-state index in [1.165, 1.54) is 66.8 Å². The van der Waals surface area contributed by atoms with E-state index in [9.17, 15) is 0 Å². The molecule has 0 saturated carbocycles. The number of allylic oxidation sites excluding steroid dienone is 16. The summed E-state index contributed by atoms with van der Waals surface area (Å²) in [6.07, 6.45) is 28.2. The lowest BCUT2D eigenvalue weighted by molar-refractivity contribution is 0.00364. The maximum Gasteiger partial charge on any atom is 0.0905 e. The molecule has 6 atom stereocenters. The lowest BCUT2D eigenvalue weighted by Gasteiger charge is -2.30. The van der Waals surface area contributed by atoms with Crippen molar-refractivity contribution in [3.8, 4) is 0 Å². The van der Waals surface area contributed by atoms with Gasteiger partial charge in [0.1, 0.15) is 0 Å². The van der Waals surface area contributed by atoms with Crippen molar-refractivity contribution in [2.75, 3.05) is 14.2 Å². The molecule has 0 fully saturated rings. The first-order chi connectivity index (χ1) is 23.2. The largest absolute Gasteiger partial charge is 0.374 e. The summed E-state index contributed by atoms with van der Waals surface area (Å²) in [5.41, 5.74) is 18.2. The molecule has 3 heteroatoms. The third-order valence-corrected chi connectivity index (χ3v) is 16.0. The van der Waals surface area contributed by atoms with E-state index < -0.39 is 8.80 Å². The van der Waals surface area contributed by atoms with E-state index in [1.807, 2.05) is 14.2 Å². The van der Waals surface area contributed by atoms with Gasteiger partial charge in [0.25, 0.3) is 0 Å². The molecule has 0 aromatic heterocycles. The summed E-state index contributed by atoms with van der Waals surface area (Å²) in [4.78, 5) is 0. The van der Waals surface area contributed by atoms with Crippen LogP contribution >= 0.6 is 0 Å². The highest BCUT2D eigenvalue weighted by Crippen LogP contribution is 2.54. The number of hydrogen-bond acceptors (Lipinski definition) is 2. The Labute approximate surface area is 289 Å². The summed E-state index contributed by atoms with van der Waals surface area (Å²) in [5.74, 6) is 0.538. The van der Waals surface area contributed by atoms with Crippen LogP contribution in [-0.4, -0.2) is 23.0 Å². The molecule has 6 unspecified atom stereocenters. The molecule has 2 aromatic carbocycles. The average molecular weight is 650 g/mol. The zero-order valence-electron chi connectivity index (χ0n) is 29.7. The molecule has 2 nitrogen and oxygen atoms in total. The second kappa shape index (κ2) is 11.8. The fraction of sp³-hybridized carbons (Fsp3) is 0.378. The number of rotatable bonds is 6. The zero-order valence-corrected chi connectivity index (χ0v) is 30.7. The second-order valence-corrected chi connectivity index (χ2v) is 18.0. The highest BCUT2D eigenvalue weighted by atomic mass is 28.3. The Hall–Kier alpha value is -3.50. The van der Waals surface area contributed by atoms with Crippen molar-refractivity contribution in [2.24, 2.45) is 0 Å². The van der Waals surface area contributed by atoms with Gasteiger partial charge in [0.05, 0.1) is 20.0 Å². The van der Waals surface area contributed by atoms with Crippen LogP contribution in [0, 0.1) is 0 Å². The number of methoxy groups -OCH3 is 2. The fourth-order valence-electron chi connectivity index (χ4n) is 9.90. The summed E-state index contributed by atoms with van der Waals surface area (Å²) in [5, 5.41) is 0. The number of ether oxygens (including phenoxy) is 2. The molecule has 245 valence electrons. The lowest BCUT2D eigenvalue weighted by atomic mass is 9.87. The normalized spacial score (nSPS) is 31.6. The van der Waals surface area contributed by atoms with E-state index in [-0.39, 0.29) is 23.0 Å². The molecular formula is C45H49O2Si. The number of aryl methyl sites for hydroxylation is 2. The molecule has 0 aliphatic heterocycles. The van der Waals surface area contributed by atoms with Crippen molar-refractivity contribution in [1.82, 2.24) is 0 Å². The zero-order chi connectivity index (χ0) is 33.4. The molecule has 2 aromatic rings. The van der Waals surface area contributed by atoms with Crippen molar-refractivity contribution < 1.29 is 9.47 Å². The SMILES string of the molecule is COC1(C)CCc2cc(C3C=CC=CC4=C3C=C(C)C4[Si](C)C3C(C)=CC4=C3C=CC=CC4c3ccc4c(c3)CCC4(C)OC)ccc21. The van der Waals surface area contributed by atoms with Gasteiger partial charge in [0, 0.05) is 26.1 Å². The Morgan fingerprint density at radius 3 is 1.48 bits per heavy atom. The van der Waals surface area contributed by atoms with Crippen LogP contribution in [0.3, 0.4) is 0 Å². The minimum absolute atomic E-state index is 0.166. The van der Waals surface area contributed by atoms with Crippen LogP contribution in [-0.2, 0) is 33.5 Å². The van der Waals surface area contributed by atoms with Crippen molar-refractivity contribution in [2.45, 2.75) is 94.0 Å². The quantitative estimate of drug-likeness (QED) is 0.290. The molecule has 0 bridgehead atoms. The molecule has 8 rings (SSSR count). The third-order valence-electron chi connectivity index (χ3n) is 12.7. The summed E-state index contributed by atoms with van der Waals surface area (Å²) in [6, 6.07) is 14.3. The standard InChI is InChI=1S/C45H49O2Si/c1-28-24-38-34(30-16-18-40-32(26-30)20-22-44(40,3)46-5)12-8-10-14-36(38)42(28)48(7)43-29(2)25-39-35(13-9-11-15-37(39)43)31-17-19-41-33(27-31)21-23-45(41,4)47-6/h8-19,24-27,34-35,42-43H,20-23H2,1-7H3. The monoisotopic (exact) mass is 649 g/mol. The Kier molecular flexibility index (Phi) is 7.82. The molecule has 6 aliphatic carbocycles. The van der Waals surface area contributed by atoms with Gasteiger partial charge in [-0.15, -0.1) is 0 Å². The molecule has 0 spiro atoms. The van der Waals surface area contributed by atoms with Gasteiger partial charge >= 0.3 is 0 Å². The highest BCUT2D eigenvalue weighted by molar-refractivity contribution is 6.64. The Morgan fingerprint density at radius 1 is 0.625 bits per heavy atom. The van der Waals surface area contributed by atoms with Gasteiger partial charge in [-0.1, -0.05) is 115 Å². The van der Waals surface area contributed by atoms with Gasteiger partial charge in [0.2, 0.25) is 0 Å². The Morgan fingerprint density at radius 2 is 1.06 bits per heavy atom. The third kappa shape index (κ3) is 4.88. The summed E-state index contributed by atoms with van der Waals surface area (Å²) in [6.45, 7) is 11.9. The van der Waals surface area contributed by atoms with E-state index in [0.29, 0.717) is 11.1 Å².